The third-order valence-corrected chi connectivity index (χ3v) is 3.94. The van der Waals surface area contributed by atoms with Crippen LogP contribution in [-0.2, 0) is 0 Å². The van der Waals surface area contributed by atoms with Crippen LogP contribution in [0, 0.1) is 0 Å². The standard InChI is InChI=1S/C17H13BrO/c1-19-16-11-5-7-12-6-4-9-14(17(12)16)13-8-2-3-10-15(13)18/h2-11H,1H3. The number of halogens is 1. The van der Waals surface area contributed by atoms with E-state index >= 15 is 0 Å². The summed E-state index contributed by atoms with van der Waals surface area (Å²) >= 11 is 3.62. The van der Waals surface area contributed by atoms with Gasteiger partial charge in [-0.1, -0.05) is 64.5 Å². The summed E-state index contributed by atoms with van der Waals surface area (Å²) in [6.45, 7) is 0. The topological polar surface area (TPSA) is 9.23 Å². The van der Waals surface area contributed by atoms with E-state index in [-0.39, 0.29) is 0 Å². The molecule has 0 saturated heterocycles. The number of benzene rings is 3. The Hall–Kier alpha value is -1.80. The van der Waals surface area contributed by atoms with Crippen molar-refractivity contribution >= 4 is 26.7 Å². The fourth-order valence-electron chi connectivity index (χ4n) is 2.38. The monoisotopic (exact) mass is 312 g/mol. The molecule has 3 rings (SSSR count). The largest absolute Gasteiger partial charge is 0.496 e. The molecule has 0 radical (unpaired) electrons. The van der Waals surface area contributed by atoms with E-state index in [1.54, 1.807) is 7.11 Å². The van der Waals surface area contributed by atoms with Gasteiger partial charge in [0.15, 0.2) is 0 Å². The van der Waals surface area contributed by atoms with Crippen LogP contribution in [0.2, 0.25) is 0 Å². The third kappa shape index (κ3) is 2.13. The smallest absolute Gasteiger partial charge is 0.127 e. The van der Waals surface area contributed by atoms with Gasteiger partial charge in [-0.15, -0.1) is 0 Å². The van der Waals surface area contributed by atoms with Gasteiger partial charge in [0.05, 0.1) is 7.11 Å². The molecule has 0 atom stereocenters. The molecular formula is C17H13BrO. The molecule has 19 heavy (non-hydrogen) atoms. The highest BCUT2D eigenvalue weighted by Crippen LogP contribution is 2.37. The molecule has 0 unspecified atom stereocenters. The summed E-state index contributed by atoms with van der Waals surface area (Å²) in [5.41, 5.74) is 2.36. The van der Waals surface area contributed by atoms with Gasteiger partial charge in [0.2, 0.25) is 0 Å². The molecule has 1 nitrogen and oxygen atoms in total. The Balaban J connectivity index is 2.39. The highest BCUT2D eigenvalue weighted by molar-refractivity contribution is 9.10. The number of rotatable bonds is 2. The normalized spacial score (nSPS) is 10.6. The van der Waals surface area contributed by atoms with Crippen LogP contribution in [0.4, 0.5) is 0 Å². The van der Waals surface area contributed by atoms with E-state index in [1.165, 1.54) is 16.5 Å². The predicted molar refractivity (Wildman–Crippen MR) is 83.6 cm³/mol. The number of methoxy groups -OCH3 is 1. The van der Waals surface area contributed by atoms with Crippen LogP contribution in [0.3, 0.4) is 0 Å². The van der Waals surface area contributed by atoms with Gasteiger partial charge in [0.1, 0.15) is 5.75 Å². The first-order valence-electron chi connectivity index (χ1n) is 6.12. The second kappa shape index (κ2) is 5.06. The molecule has 0 aliphatic rings. The van der Waals surface area contributed by atoms with Crippen LogP contribution < -0.4 is 4.74 Å². The van der Waals surface area contributed by atoms with Gasteiger partial charge in [0, 0.05) is 9.86 Å². The Morgan fingerprint density at radius 2 is 1.47 bits per heavy atom. The van der Waals surface area contributed by atoms with Gasteiger partial charge in [0.25, 0.3) is 0 Å². The van der Waals surface area contributed by atoms with E-state index in [1.807, 2.05) is 24.3 Å². The van der Waals surface area contributed by atoms with Gasteiger partial charge < -0.3 is 4.74 Å². The van der Waals surface area contributed by atoms with Crippen molar-refractivity contribution in [3.05, 3.63) is 65.1 Å². The predicted octanol–water partition coefficient (Wildman–Crippen LogP) is 5.28. The molecular weight excluding hydrogens is 300 g/mol. The molecule has 0 aliphatic heterocycles. The van der Waals surface area contributed by atoms with E-state index in [0.717, 1.165) is 15.6 Å². The molecule has 0 saturated carbocycles. The number of ether oxygens (including phenoxy) is 1. The Morgan fingerprint density at radius 1 is 0.789 bits per heavy atom. The van der Waals surface area contributed by atoms with Crippen molar-refractivity contribution in [2.45, 2.75) is 0 Å². The molecule has 3 aromatic rings. The number of fused-ring (bicyclic) bond motifs is 1. The molecule has 0 bridgehead atoms. The fourth-order valence-corrected chi connectivity index (χ4v) is 2.88. The maximum absolute atomic E-state index is 5.51. The summed E-state index contributed by atoms with van der Waals surface area (Å²) in [5, 5.41) is 2.34. The lowest BCUT2D eigenvalue weighted by atomic mass is 9.97. The minimum absolute atomic E-state index is 0.906. The quantitative estimate of drug-likeness (QED) is 0.625. The summed E-state index contributed by atoms with van der Waals surface area (Å²) in [5.74, 6) is 0.906. The average molecular weight is 313 g/mol. The number of hydrogen-bond donors (Lipinski definition) is 0. The van der Waals surface area contributed by atoms with Crippen LogP contribution in [0.25, 0.3) is 21.9 Å². The Morgan fingerprint density at radius 3 is 2.21 bits per heavy atom. The van der Waals surface area contributed by atoms with Crippen molar-refractivity contribution in [2.24, 2.45) is 0 Å². The Bertz CT molecular complexity index is 729. The second-order valence-corrected chi connectivity index (χ2v) is 5.20. The van der Waals surface area contributed by atoms with Crippen molar-refractivity contribution in [2.75, 3.05) is 7.11 Å². The molecule has 0 N–H and O–H groups in total. The Kier molecular flexibility index (Phi) is 3.26. The molecule has 2 heteroatoms. The van der Waals surface area contributed by atoms with Crippen molar-refractivity contribution in [3.8, 4) is 16.9 Å². The summed E-state index contributed by atoms with van der Waals surface area (Å²) in [7, 11) is 1.71. The fraction of sp³-hybridized carbons (Fsp3) is 0.0588. The van der Waals surface area contributed by atoms with Gasteiger partial charge in [-0.05, 0) is 28.6 Å². The molecule has 3 aromatic carbocycles. The second-order valence-electron chi connectivity index (χ2n) is 4.34. The van der Waals surface area contributed by atoms with E-state index in [4.69, 9.17) is 4.74 Å². The Labute approximate surface area is 121 Å². The van der Waals surface area contributed by atoms with Crippen molar-refractivity contribution in [3.63, 3.8) is 0 Å². The molecule has 0 spiro atoms. The zero-order chi connectivity index (χ0) is 13.2. The summed E-state index contributed by atoms with van der Waals surface area (Å²) in [6, 6.07) is 20.7. The van der Waals surface area contributed by atoms with Crippen LogP contribution in [-0.4, -0.2) is 7.11 Å². The number of hydrogen-bond acceptors (Lipinski definition) is 1. The first-order valence-corrected chi connectivity index (χ1v) is 6.91. The van der Waals surface area contributed by atoms with Gasteiger partial charge in [-0.25, -0.2) is 0 Å². The van der Waals surface area contributed by atoms with Gasteiger partial charge in [-0.3, -0.25) is 0 Å². The molecule has 0 aliphatic carbocycles. The van der Waals surface area contributed by atoms with E-state index in [0.29, 0.717) is 0 Å². The van der Waals surface area contributed by atoms with Crippen LogP contribution in [0.5, 0.6) is 5.75 Å². The summed E-state index contributed by atoms with van der Waals surface area (Å²) < 4.78 is 6.61. The summed E-state index contributed by atoms with van der Waals surface area (Å²) in [4.78, 5) is 0. The molecule has 0 aromatic heterocycles. The first-order chi connectivity index (χ1) is 9.31. The lowest BCUT2D eigenvalue weighted by molar-refractivity contribution is 0.420. The maximum atomic E-state index is 5.51. The highest BCUT2D eigenvalue weighted by Gasteiger charge is 2.10. The SMILES string of the molecule is COc1cccc2cccc(-c3ccccc3Br)c12. The molecule has 0 heterocycles. The van der Waals surface area contributed by atoms with Gasteiger partial charge >= 0.3 is 0 Å². The third-order valence-electron chi connectivity index (χ3n) is 3.25. The van der Waals surface area contributed by atoms with E-state index < -0.39 is 0 Å². The molecule has 94 valence electrons. The average Bonchev–Trinajstić information content (AvgIpc) is 2.46. The molecule has 0 amide bonds. The van der Waals surface area contributed by atoms with E-state index in [9.17, 15) is 0 Å². The molecule has 0 fully saturated rings. The van der Waals surface area contributed by atoms with E-state index in [2.05, 4.69) is 52.3 Å². The van der Waals surface area contributed by atoms with Crippen molar-refractivity contribution in [1.82, 2.24) is 0 Å². The minimum atomic E-state index is 0.906. The van der Waals surface area contributed by atoms with Gasteiger partial charge in [-0.2, -0.15) is 0 Å². The lowest BCUT2D eigenvalue weighted by Gasteiger charge is -2.12. The van der Waals surface area contributed by atoms with Crippen molar-refractivity contribution in [1.29, 1.82) is 0 Å². The lowest BCUT2D eigenvalue weighted by Crippen LogP contribution is -1.88. The summed E-state index contributed by atoms with van der Waals surface area (Å²) in [6.07, 6.45) is 0. The zero-order valence-electron chi connectivity index (χ0n) is 10.6. The van der Waals surface area contributed by atoms with Crippen LogP contribution >= 0.6 is 15.9 Å². The van der Waals surface area contributed by atoms with Crippen molar-refractivity contribution < 1.29 is 4.74 Å². The maximum Gasteiger partial charge on any atom is 0.127 e. The highest BCUT2D eigenvalue weighted by atomic mass is 79.9. The zero-order valence-corrected chi connectivity index (χ0v) is 12.1. The minimum Gasteiger partial charge on any atom is -0.496 e. The first kappa shape index (κ1) is 12.2. The van der Waals surface area contributed by atoms with Crippen LogP contribution in [0.1, 0.15) is 0 Å². The van der Waals surface area contributed by atoms with Crippen LogP contribution in [0.15, 0.2) is 65.1 Å².